The first-order valence-electron chi connectivity index (χ1n) is 9.12. The van der Waals surface area contributed by atoms with E-state index in [2.05, 4.69) is 21.2 Å². The van der Waals surface area contributed by atoms with E-state index < -0.39 is 17.6 Å². The lowest BCUT2D eigenvalue weighted by Gasteiger charge is -2.29. The Morgan fingerprint density at radius 3 is 2.32 bits per heavy atom. The topological polar surface area (TPSA) is 58.6 Å². The van der Waals surface area contributed by atoms with E-state index in [4.69, 9.17) is 17.0 Å². The van der Waals surface area contributed by atoms with Crippen LogP contribution in [0.4, 0.5) is 10.1 Å². The van der Waals surface area contributed by atoms with Crippen LogP contribution < -0.4 is 15.0 Å². The van der Waals surface area contributed by atoms with Gasteiger partial charge in [0, 0.05) is 0 Å². The van der Waals surface area contributed by atoms with Gasteiger partial charge in [-0.25, -0.2) is 4.39 Å². The molecule has 0 saturated carbocycles. The van der Waals surface area contributed by atoms with Crippen molar-refractivity contribution in [2.75, 3.05) is 4.90 Å². The van der Waals surface area contributed by atoms with Crippen molar-refractivity contribution in [2.45, 2.75) is 0 Å². The Kier molecular flexibility index (Phi) is 5.92. The maximum Gasteiger partial charge on any atom is 0.270 e. The number of rotatable bonds is 4. The zero-order valence-electron chi connectivity index (χ0n) is 15.8. The van der Waals surface area contributed by atoms with Crippen LogP contribution in [0.15, 0.2) is 82.8 Å². The number of hydrogen-bond acceptors (Lipinski definition) is 4. The van der Waals surface area contributed by atoms with Gasteiger partial charge in [-0.15, -0.1) is 0 Å². The van der Waals surface area contributed by atoms with Gasteiger partial charge in [0.25, 0.3) is 11.8 Å². The molecule has 0 spiro atoms. The molecule has 154 valence electrons. The van der Waals surface area contributed by atoms with Crippen molar-refractivity contribution in [1.82, 2.24) is 5.32 Å². The normalized spacial score (nSPS) is 15.2. The molecule has 0 aliphatic carbocycles. The monoisotopic (exact) mass is 496 g/mol. The number of anilines is 1. The Hall–Kier alpha value is -3.36. The Bertz CT molecular complexity index is 1210. The number of thiocarbonyl (C=S) groups is 1. The third kappa shape index (κ3) is 4.55. The Morgan fingerprint density at radius 1 is 0.968 bits per heavy atom. The van der Waals surface area contributed by atoms with Crippen molar-refractivity contribution in [3.05, 3.63) is 94.2 Å². The molecule has 1 aliphatic rings. The van der Waals surface area contributed by atoms with E-state index in [0.717, 1.165) is 0 Å². The highest BCUT2D eigenvalue weighted by Gasteiger charge is 2.34. The highest BCUT2D eigenvalue weighted by Crippen LogP contribution is 2.27. The molecule has 3 aromatic rings. The van der Waals surface area contributed by atoms with Crippen molar-refractivity contribution in [3.8, 4) is 11.5 Å². The molecular formula is C23H14BrFN2O3S. The minimum absolute atomic E-state index is 0.0362. The highest BCUT2D eigenvalue weighted by molar-refractivity contribution is 9.10. The molecule has 4 rings (SSSR count). The molecule has 0 radical (unpaired) electrons. The van der Waals surface area contributed by atoms with Crippen molar-refractivity contribution >= 4 is 56.8 Å². The predicted octanol–water partition coefficient (Wildman–Crippen LogP) is 5.21. The molecule has 8 heteroatoms. The van der Waals surface area contributed by atoms with E-state index >= 15 is 0 Å². The summed E-state index contributed by atoms with van der Waals surface area (Å²) in [7, 11) is 0. The van der Waals surface area contributed by atoms with Gasteiger partial charge in [-0.3, -0.25) is 19.8 Å². The van der Waals surface area contributed by atoms with E-state index in [0.29, 0.717) is 22.7 Å². The summed E-state index contributed by atoms with van der Waals surface area (Å²) in [6.45, 7) is 0. The van der Waals surface area contributed by atoms with Gasteiger partial charge in [-0.1, -0.05) is 24.3 Å². The molecule has 31 heavy (non-hydrogen) atoms. The molecule has 0 unspecified atom stereocenters. The van der Waals surface area contributed by atoms with Crippen LogP contribution >= 0.6 is 28.1 Å². The molecule has 2 amide bonds. The summed E-state index contributed by atoms with van der Waals surface area (Å²) in [5.41, 5.74) is 0.682. The van der Waals surface area contributed by atoms with Crippen molar-refractivity contribution in [2.24, 2.45) is 0 Å². The number of carbonyl (C=O) groups is 2. The molecule has 0 aromatic heterocycles. The van der Waals surface area contributed by atoms with Crippen LogP contribution in [-0.2, 0) is 9.59 Å². The van der Waals surface area contributed by atoms with Gasteiger partial charge in [0.15, 0.2) is 5.11 Å². The van der Waals surface area contributed by atoms with Crippen molar-refractivity contribution in [1.29, 1.82) is 0 Å². The molecule has 1 heterocycles. The number of nitrogens with one attached hydrogen (secondary N) is 1. The fraction of sp³-hybridized carbons (Fsp3) is 0. The lowest BCUT2D eigenvalue weighted by atomic mass is 10.1. The second-order valence-corrected chi connectivity index (χ2v) is 7.78. The quantitative estimate of drug-likeness (QED) is 0.306. The van der Waals surface area contributed by atoms with Crippen LogP contribution in [0.3, 0.4) is 0 Å². The van der Waals surface area contributed by atoms with Gasteiger partial charge < -0.3 is 4.74 Å². The maximum absolute atomic E-state index is 13.8. The minimum atomic E-state index is -0.640. The predicted molar refractivity (Wildman–Crippen MR) is 123 cm³/mol. The molecule has 1 N–H and O–H groups in total. The van der Waals surface area contributed by atoms with Crippen molar-refractivity contribution in [3.63, 3.8) is 0 Å². The fourth-order valence-electron chi connectivity index (χ4n) is 2.95. The lowest BCUT2D eigenvalue weighted by Crippen LogP contribution is -2.54. The van der Waals surface area contributed by atoms with Gasteiger partial charge >= 0.3 is 0 Å². The standard InChI is InChI=1S/C23H14BrFN2O3S/c24-19-11-6-14(13-20(19)25)12-18-21(28)26-23(31)27(22(18)29)15-7-9-17(10-8-15)30-16-4-2-1-3-5-16/h1-13H,(H,26,28,31)/b18-12+. The number of amides is 2. The Morgan fingerprint density at radius 2 is 1.65 bits per heavy atom. The first kappa shape index (κ1) is 20.9. The van der Waals surface area contributed by atoms with Crippen LogP contribution in [0.2, 0.25) is 0 Å². The average molecular weight is 497 g/mol. The zero-order valence-corrected chi connectivity index (χ0v) is 18.2. The summed E-state index contributed by atoms with van der Waals surface area (Å²) in [4.78, 5) is 26.6. The SMILES string of the molecule is O=C1NC(=S)N(c2ccc(Oc3ccccc3)cc2)C(=O)/C1=C/c1ccc(Br)c(F)c1. The first-order valence-corrected chi connectivity index (χ1v) is 10.3. The largest absolute Gasteiger partial charge is 0.457 e. The van der Waals surface area contributed by atoms with E-state index in [1.54, 1.807) is 30.3 Å². The molecule has 1 aliphatic heterocycles. The van der Waals surface area contributed by atoms with Gasteiger partial charge in [0.2, 0.25) is 0 Å². The summed E-state index contributed by atoms with van der Waals surface area (Å²) in [5.74, 6) is -0.485. The second kappa shape index (κ2) is 8.79. The summed E-state index contributed by atoms with van der Waals surface area (Å²) in [6.07, 6.45) is 1.33. The van der Waals surface area contributed by atoms with E-state index in [1.165, 1.54) is 23.1 Å². The summed E-state index contributed by atoms with van der Waals surface area (Å²) < 4.78 is 19.9. The number of hydrogen-bond donors (Lipinski definition) is 1. The summed E-state index contributed by atoms with van der Waals surface area (Å²) in [6, 6.07) is 20.3. The molecule has 0 atom stereocenters. The molecular weight excluding hydrogens is 483 g/mol. The Balaban J connectivity index is 1.61. The Labute approximate surface area is 191 Å². The van der Waals surface area contributed by atoms with Gasteiger partial charge in [0.05, 0.1) is 10.2 Å². The minimum Gasteiger partial charge on any atom is -0.457 e. The fourth-order valence-corrected chi connectivity index (χ4v) is 3.48. The van der Waals surface area contributed by atoms with Crippen LogP contribution in [0.25, 0.3) is 6.08 Å². The third-order valence-corrected chi connectivity index (χ3v) is 5.36. The summed E-state index contributed by atoms with van der Waals surface area (Å²) in [5, 5.41) is 2.47. The van der Waals surface area contributed by atoms with Crippen LogP contribution in [0.5, 0.6) is 11.5 Å². The lowest BCUT2D eigenvalue weighted by molar-refractivity contribution is -0.122. The van der Waals surface area contributed by atoms with E-state index in [-0.39, 0.29) is 15.2 Å². The van der Waals surface area contributed by atoms with Crippen LogP contribution in [0, 0.1) is 5.82 Å². The van der Waals surface area contributed by atoms with Crippen LogP contribution in [0.1, 0.15) is 5.56 Å². The average Bonchev–Trinajstić information content (AvgIpc) is 2.75. The number of carbonyl (C=O) groups excluding carboxylic acids is 2. The molecule has 1 fully saturated rings. The van der Waals surface area contributed by atoms with Gasteiger partial charge in [0.1, 0.15) is 22.9 Å². The van der Waals surface area contributed by atoms with E-state index in [1.807, 2.05) is 30.3 Å². The van der Waals surface area contributed by atoms with Gasteiger partial charge in [-0.2, -0.15) is 0 Å². The van der Waals surface area contributed by atoms with E-state index in [9.17, 15) is 14.0 Å². The van der Waals surface area contributed by atoms with Crippen molar-refractivity contribution < 1.29 is 18.7 Å². The zero-order chi connectivity index (χ0) is 22.0. The number of para-hydroxylation sites is 1. The number of benzene rings is 3. The summed E-state index contributed by atoms with van der Waals surface area (Å²) >= 11 is 8.28. The third-order valence-electron chi connectivity index (χ3n) is 4.43. The molecule has 5 nitrogen and oxygen atoms in total. The number of nitrogens with zero attached hydrogens (tertiary/aromatic N) is 1. The maximum atomic E-state index is 13.8. The van der Waals surface area contributed by atoms with Crippen LogP contribution in [-0.4, -0.2) is 16.9 Å². The number of halogens is 2. The highest BCUT2D eigenvalue weighted by atomic mass is 79.9. The number of ether oxygens (including phenoxy) is 1. The second-order valence-electron chi connectivity index (χ2n) is 6.54. The molecule has 1 saturated heterocycles. The van der Waals surface area contributed by atoms with Gasteiger partial charge in [-0.05, 0) is 88.3 Å². The molecule has 3 aromatic carbocycles. The first-order chi connectivity index (χ1) is 14.9. The molecule has 0 bridgehead atoms. The smallest absolute Gasteiger partial charge is 0.270 e.